The number of fused-ring (bicyclic) bond motifs is 3. The third-order valence-corrected chi connectivity index (χ3v) is 5.49. The van der Waals surface area contributed by atoms with E-state index in [-0.39, 0.29) is 11.9 Å². The van der Waals surface area contributed by atoms with E-state index >= 15 is 0 Å². The largest absolute Gasteiger partial charge is 0.491 e. The molecule has 0 bridgehead atoms. The smallest absolute Gasteiger partial charge is 0.337 e. The zero-order valence-electron chi connectivity index (χ0n) is 17.2. The molecule has 0 amide bonds. The van der Waals surface area contributed by atoms with Gasteiger partial charge in [0, 0.05) is 18.7 Å². The van der Waals surface area contributed by atoms with E-state index in [1.54, 1.807) is 13.2 Å². The average Bonchev–Trinajstić information content (AvgIpc) is 3.06. The third-order valence-electron chi connectivity index (χ3n) is 5.49. The summed E-state index contributed by atoms with van der Waals surface area (Å²) >= 11 is 0. The molecule has 4 rings (SSSR count). The Labute approximate surface area is 176 Å². The van der Waals surface area contributed by atoms with Gasteiger partial charge in [-0.15, -0.1) is 0 Å². The highest BCUT2D eigenvalue weighted by atomic mass is 16.5. The van der Waals surface area contributed by atoms with Gasteiger partial charge in [0.15, 0.2) is 0 Å². The summed E-state index contributed by atoms with van der Waals surface area (Å²) in [6.07, 6.45) is 0.760. The maximum absolute atomic E-state index is 11.9. The molecule has 0 aliphatic heterocycles. The summed E-state index contributed by atoms with van der Waals surface area (Å²) in [5, 5.41) is 0. The van der Waals surface area contributed by atoms with Crippen LogP contribution in [-0.4, -0.2) is 33.4 Å². The molecule has 1 atom stereocenters. The minimum atomic E-state index is -0.328. The molecule has 2 N–H and O–H groups in total. The second-order valence-corrected chi connectivity index (χ2v) is 7.39. The van der Waals surface area contributed by atoms with Gasteiger partial charge in [-0.25, -0.2) is 4.79 Å². The Balaban J connectivity index is 1.71. The minimum absolute atomic E-state index is 0.148. The Bertz CT molecular complexity index is 1080. The Kier molecular flexibility index (Phi) is 5.72. The van der Waals surface area contributed by atoms with E-state index in [0.29, 0.717) is 18.8 Å². The molecule has 0 radical (unpaired) electrons. The summed E-state index contributed by atoms with van der Waals surface area (Å²) in [5.74, 6) is 0.639. The Morgan fingerprint density at radius 2 is 1.80 bits per heavy atom. The highest BCUT2D eigenvalue weighted by Gasteiger charge is 2.29. The van der Waals surface area contributed by atoms with Gasteiger partial charge >= 0.3 is 5.97 Å². The average molecular weight is 403 g/mol. The number of hydrogen-bond donors (Lipinski definition) is 1. The van der Waals surface area contributed by atoms with Crippen LogP contribution in [0, 0.1) is 0 Å². The number of carbonyl (C=O) groups is 1. The van der Waals surface area contributed by atoms with Crippen molar-refractivity contribution in [2.75, 3.05) is 33.2 Å². The Morgan fingerprint density at radius 1 is 0.933 bits per heavy atom. The van der Waals surface area contributed by atoms with Crippen molar-refractivity contribution in [1.82, 2.24) is 0 Å². The quantitative estimate of drug-likeness (QED) is 0.359. The number of nitrogens with two attached hydrogens (primary N) is 1. The van der Waals surface area contributed by atoms with Crippen LogP contribution in [0.3, 0.4) is 0 Å². The predicted molar refractivity (Wildman–Crippen MR) is 117 cm³/mol. The van der Waals surface area contributed by atoms with Crippen molar-refractivity contribution in [1.29, 1.82) is 0 Å². The number of benzene rings is 3. The molecule has 0 heterocycles. The lowest BCUT2D eigenvalue weighted by Crippen LogP contribution is -2.06. The molecule has 154 valence electrons. The summed E-state index contributed by atoms with van der Waals surface area (Å²) < 4.78 is 15.8. The van der Waals surface area contributed by atoms with Gasteiger partial charge in [0.25, 0.3) is 0 Å². The van der Waals surface area contributed by atoms with Crippen molar-refractivity contribution in [3.05, 3.63) is 82.9 Å². The van der Waals surface area contributed by atoms with Crippen molar-refractivity contribution in [2.24, 2.45) is 0 Å². The van der Waals surface area contributed by atoms with Crippen LogP contribution in [0.5, 0.6) is 5.75 Å². The Morgan fingerprint density at radius 3 is 2.60 bits per heavy atom. The molecule has 0 saturated heterocycles. The van der Waals surface area contributed by atoms with Crippen LogP contribution in [0.4, 0.5) is 5.69 Å². The lowest BCUT2D eigenvalue weighted by Gasteiger charge is -2.16. The van der Waals surface area contributed by atoms with Crippen LogP contribution in [0.15, 0.2) is 60.7 Å². The topological polar surface area (TPSA) is 70.8 Å². The first-order valence-electron chi connectivity index (χ1n) is 9.93. The van der Waals surface area contributed by atoms with E-state index in [1.165, 1.54) is 23.8 Å². The minimum Gasteiger partial charge on any atom is -0.491 e. The molecule has 0 saturated carbocycles. The van der Waals surface area contributed by atoms with Crippen molar-refractivity contribution in [3.8, 4) is 16.9 Å². The highest BCUT2D eigenvalue weighted by molar-refractivity contribution is 5.89. The summed E-state index contributed by atoms with van der Waals surface area (Å²) in [6.45, 7) is 1.04. The maximum Gasteiger partial charge on any atom is 0.337 e. The molecular weight excluding hydrogens is 378 g/mol. The van der Waals surface area contributed by atoms with E-state index in [0.717, 1.165) is 29.0 Å². The number of methoxy groups -OCH3 is 2. The van der Waals surface area contributed by atoms with Crippen LogP contribution in [0.2, 0.25) is 0 Å². The summed E-state index contributed by atoms with van der Waals surface area (Å²) in [4.78, 5) is 11.9. The molecule has 1 unspecified atom stereocenters. The summed E-state index contributed by atoms with van der Waals surface area (Å²) in [6, 6.07) is 19.9. The van der Waals surface area contributed by atoms with E-state index in [9.17, 15) is 4.79 Å². The zero-order valence-corrected chi connectivity index (χ0v) is 17.2. The first kappa shape index (κ1) is 20.0. The van der Waals surface area contributed by atoms with Gasteiger partial charge < -0.3 is 19.9 Å². The SMILES string of the molecule is COCCOc1ccc2c(c1)C(Cc1cccc(C(=O)OC)c1)c1ccc(N)cc1-2. The van der Waals surface area contributed by atoms with Gasteiger partial charge in [-0.3, -0.25) is 0 Å². The monoisotopic (exact) mass is 403 g/mol. The van der Waals surface area contributed by atoms with Gasteiger partial charge in [0.1, 0.15) is 12.4 Å². The Hall–Kier alpha value is -3.31. The second kappa shape index (κ2) is 8.59. The van der Waals surface area contributed by atoms with Crippen LogP contribution in [-0.2, 0) is 15.9 Å². The number of hydrogen-bond acceptors (Lipinski definition) is 5. The molecule has 0 spiro atoms. The number of carbonyl (C=O) groups excluding carboxylic acids is 1. The standard InChI is InChI=1S/C25H25NO4/c1-28-10-11-30-19-7-9-21-23-14-18(26)6-8-20(23)22(24(21)15-19)13-16-4-3-5-17(12-16)25(27)29-2/h3-9,12,14-15,22H,10-11,13,26H2,1-2H3. The van der Waals surface area contributed by atoms with Crippen LogP contribution in [0.25, 0.3) is 11.1 Å². The lowest BCUT2D eigenvalue weighted by molar-refractivity contribution is 0.0600. The first-order chi connectivity index (χ1) is 14.6. The van der Waals surface area contributed by atoms with Gasteiger partial charge in [-0.2, -0.15) is 0 Å². The van der Waals surface area contributed by atoms with Crippen LogP contribution in [0.1, 0.15) is 33.0 Å². The fourth-order valence-corrected chi connectivity index (χ4v) is 4.08. The van der Waals surface area contributed by atoms with Crippen molar-refractivity contribution in [3.63, 3.8) is 0 Å². The molecule has 5 heteroatoms. The zero-order chi connectivity index (χ0) is 21.1. The normalized spacial score (nSPS) is 14.1. The second-order valence-electron chi connectivity index (χ2n) is 7.39. The highest BCUT2D eigenvalue weighted by Crippen LogP contribution is 2.48. The number of nitrogen functional groups attached to an aromatic ring is 1. The molecular formula is C25H25NO4. The number of rotatable bonds is 7. The van der Waals surface area contributed by atoms with E-state index in [4.69, 9.17) is 19.9 Å². The number of esters is 1. The fraction of sp³-hybridized carbons (Fsp3) is 0.240. The molecule has 3 aromatic rings. The predicted octanol–water partition coefficient (Wildman–Crippen LogP) is 4.44. The molecule has 5 nitrogen and oxygen atoms in total. The van der Waals surface area contributed by atoms with E-state index in [1.807, 2.05) is 36.4 Å². The summed E-state index contributed by atoms with van der Waals surface area (Å²) in [5.41, 5.74) is 13.2. The number of anilines is 1. The lowest BCUT2D eigenvalue weighted by atomic mass is 9.89. The van der Waals surface area contributed by atoms with Gasteiger partial charge in [0.05, 0.1) is 19.3 Å². The maximum atomic E-state index is 11.9. The molecule has 0 fully saturated rings. The number of ether oxygens (including phenoxy) is 3. The van der Waals surface area contributed by atoms with Gasteiger partial charge in [0.2, 0.25) is 0 Å². The molecule has 1 aliphatic carbocycles. The van der Waals surface area contributed by atoms with Crippen molar-refractivity contribution < 1.29 is 19.0 Å². The molecule has 30 heavy (non-hydrogen) atoms. The third kappa shape index (κ3) is 3.89. The molecule has 3 aromatic carbocycles. The van der Waals surface area contributed by atoms with Crippen molar-refractivity contribution >= 4 is 11.7 Å². The molecule has 1 aliphatic rings. The van der Waals surface area contributed by atoms with Crippen LogP contribution < -0.4 is 10.5 Å². The van der Waals surface area contributed by atoms with Gasteiger partial charge in [-0.1, -0.05) is 24.3 Å². The van der Waals surface area contributed by atoms with Crippen LogP contribution >= 0.6 is 0 Å². The van der Waals surface area contributed by atoms with E-state index in [2.05, 4.69) is 18.2 Å². The summed E-state index contributed by atoms with van der Waals surface area (Å²) in [7, 11) is 3.06. The van der Waals surface area contributed by atoms with E-state index < -0.39 is 0 Å². The van der Waals surface area contributed by atoms with Crippen molar-refractivity contribution in [2.45, 2.75) is 12.3 Å². The first-order valence-corrected chi connectivity index (χ1v) is 9.93. The molecule has 0 aromatic heterocycles. The van der Waals surface area contributed by atoms with Gasteiger partial charge in [-0.05, 0) is 70.6 Å². The fourth-order valence-electron chi connectivity index (χ4n) is 4.08.